The summed E-state index contributed by atoms with van der Waals surface area (Å²) in [6.45, 7) is 0.00709. The highest BCUT2D eigenvalue weighted by molar-refractivity contribution is 7.98. The predicted octanol–water partition coefficient (Wildman–Crippen LogP) is 4.03. The lowest BCUT2D eigenvalue weighted by atomic mass is 10.2. The maximum absolute atomic E-state index is 12.4. The van der Waals surface area contributed by atoms with Crippen molar-refractivity contribution in [2.75, 3.05) is 0 Å². The predicted molar refractivity (Wildman–Crippen MR) is 105 cm³/mol. The van der Waals surface area contributed by atoms with Crippen molar-refractivity contribution >= 4 is 40.9 Å². The molecule has 5 nitrogen and oxygen atoms in total. The molecule has 1 aliphatic rings. The number of benzene rings is 1. The molecule has 1 amide bonds. The van der Waals surface area contributed by atoms with Gasteiger partial charge in [-0.1, -0.05) is 53.9 Å². The van der Waals surface area contributed by atoms with Crippen LogP contribution in [0.5, 0.6) is 0 Å². The number of halogens is 2. The van der Waals surface area contributed by atoms with Crippen molar-refractivity contribution in [3.63, 3.8) is 0 Å². The molecule has 2 aromatic rings. The van der Waals surface area contributed by atoms with Gasteiger partial charge in [0.25, 0.3) is 0 Å². The zero-order valence-corrected chi connectivity index (χ0v) is 16.6. The van der Waals surface area contributed by atoms with Crippen LogP contribution >= 0.6 is 35.0 Å². The third kappa shape index (κ3) is 4.94. The highest BCUT2D eigenvalue weighted by Crippen LogP contribution is 2.28. The van der Waals surface area contributed by atoms with E-state index in [4.69, 9.17) is 23.2 Å². The first-order valence-corrected chi connectivity index (χ1v) is 10.3. The van der Waals surface area contributed by atoms with Crippen molar-refractivity contribution in [2.24, 2.45) is 0 Å². The topological polar surface area (TPSA) is 67.2 Å². The summed E-state index contributed by atoms with van der Waals surface area (Å²) < 4.78 is 1.77. The Kier molecular flexibility index (Phi) is 6.86. The standard InChI is InChI=1S/C18H21Cl2N3O2S/c19-15-6-5-12(7-16(15)20)11-26-18-21-8-14(10-24)23(18)9-17(25)22-13-3-1-2-4-13/h5-8,13,24H,1-4,9-11H2,(H,22,25). The Morgan fingerprint density at radius 3 is 2.77 bits per heavy atom. The average molecular weight is 414 g/mol. The van der Waals surface area contributed by atoms with E-state index >= 15 is 0 Å². The Bertz CT molecular complexity index is 776. The van der Waals surface area contributed by atoms with Crippen molar-refractivity contribution < 1.29 is 9.90 Å². The minimum atomic E-state index is -0.156. The molecule has 8 heteroatoms. The number of imidazole rings is 1. The van der Waals surface area contributed by atoms with E-state index in [1.165, 1.54) is 24.6 Å². The second-order valence-corrected chi connectivity index (χ2v) is 8.12. The molecule has 0 atom stereocenters. The van der Waals surface area contributed by atoms with Gasteiger partial charge in [0.1, 0.15) is 6.54 Å². The first-order chi connectivity index (χ1) is 12.6. The normalized spacial score (nSPS) is 14.7. The zero-order valence-electron chi connectivity index (χ0n) is 14.3. The number of carbonyl (C=O) groups is 1. The lowest BCUT2D eigenvalue weighted by molar-refractivity contribution is -0.122. The molecule has 1 fully saturated rings. The molecule has 2 N–H and O–H groups in total. The van der Waals surface area contributed by atoms with Crippen LogP contribution in [-0.4, -0.2) is 26.6 Å². The van der Waals surface area contributed by atoms with Crippen LogP contribution in [-0.2, 0) is 23.7 Å². The number of hydrogen-bond acceptors (Lipinski definition) is 4. The van der Waals surface area contributed by atoms with Gasteiger partial charge in [0.05, 0.1) is 28.5 Å². The van der Waals surface area contributed by atoms with Crippen molar-refractivity contribution in [1.82, 2.24) is 14.9 Å². The van der Waals surface area contributed by atoms with Gasteiger partial charge in [-0.3, -0.25) is 4.79 Å². The molecule has 140 valence electrons. The summed E-state index contributed by atoms with van der Waals surface area (Å²) in [4.78, 5) is 16.7. The van der Waals surface area contributed by atoms with E-state index in [1.807, 2.05) is 12.1 Å². The zero-order chi connectivity index (χ0) is 18.5. The second kappa shape index (κ2) is 9.13. The number of aliphatic hydroxyl groups excluding tert-OH is 1. The molecule has 0 spiro atoms. The number of aromatic nitrogens is 2. The second-order valence-electron chi connectivity index (χ2n) is 6.36. The monoisotopic (exact) mass is 413 g/mol. The lowest BCUT2D eigenvalue weighted by Crippen LogP contribution is -2.35. The third-order valence-corrected chi connectivity index (χ3v) is 6.24. The van der Waals surface area contributed by atoms with Crippen molar-refractivity contribution in [1.29, 1.82) is 0 Å². The van der Waals surface area contributed by atoms with Crippen molar-refractivity contribution in [2.45, 2.75) is 55.8 Å². The molecule has 0 aliphatic heterocycles. The number of carbonyl (C=O) groups excluding carboxylic acids is 1. The van der Waals surface area contributed by atoms with E-state index in [0.717, 1.165) is 18.4 Å². The Morgan fingerprint density at radius 2 is 2.08 bits per heavy atom. The highest BCUT2D eigenvalue weighted by atomic mass is 35.5. The number of aliphatic hydroxyl groups is 1. The van der Waals surface area contributed by atoms with Crippen LogP contribution in [0.25, 0.3) is 0 Å². The van der Waals surface area contributed by atoms with E-state index in [2.05, 4.69) is 10.3 Å². The Balaban J connectivity index is 1.66. The van der Waals surface area contributed by atoms with Gasteiger partial charge in [-0.15, -0.1) is 0 Å². The van der Waals surface area contributed by atoms with Crippen LogP contribution in [0.4, 0.5) is 0 Å². The van der Waals surface area contributed by atoms with Crippen LogP contribution in [0.15, 0.2) is 29.6 Å². The number of nitrogens with one attached hydrogen (secondary N) is 1. The Labute approximate surface area is 167 Å². The van der Waals surface area contributed by atoms with Crippen LogP contribution in [0.3, 0.4) is 0 Å². The molecule has 26 heavy (non-hydrogen) atoms. The number of hydrogen-bond donors (Lipinski definition) is 2. The maximum Gasteiger partial charge on any atom is 0.240 e. The summed E-state index contributed by atoms with van der Waals surface area (Å²) >= 11 is 13.5. The fourth-order valence-electron chi connectivity index (χ4n) is 3.07. The van der Waals surface area contributed by atoms with Crippen molar-refractivity contribution in [3.8, 4) is 0 Å². The Hall–Kier alpha value is -1.21. The summed E-state index contributed by atoms with van der Waals surface area (Å²) in [5, 5.41) is 14.4. The number of thioether (sulfide) groups is 1. The Morgan fingerprint density at radius 1 is 1.31 bits per heavy atom. The fraction of sp³-hybridized carbons (Fsp3) is 0.444. The van der Waals surface area contributed by atoms with Crippen LogP contribution in [0, 0.1) is 0 Å². The number of nitrogens with zero attached hydrogens (tertiary/aromatic N) is 2. The highest BCUT2D eigenvalue weighted by Gasteiger charge is 2.19. The van der Waals surface area contributed by atoms with E-state index < -0.39 is 0 Å². The van der Waals surface area contributed by atoms with E-state index in [-0.39, 0.29) is 25.1 Å². The smallest absolute Gasteiger partial charge is 0.240 e. The minimum Gasteiger partial charge on any atom is -0.390 e. The van der Waals surface area contributed by atoms with Gasteiger partial charge < -0.3 is 15.0 Å². The first kappa shape index (κ1) is 19.5. The molecule has 1 heterocycles. The average Bonchev–Trinajstić information content (AvgIpc) is 3.26. The molecule has 1 aromatic heterocycles. The summed E-state index contributed by atoms with van der Waals surface area (Å²) in [5.74, 6) is 0.601. The van der Waals surface area contributed by atoms with E-state index in [0.29, 0.717) is 26.6 Å². The fourth-order valence-corrected chi connectivity index (χ4v) is 4.33. The molecule has 0 radical (unpaired) electrons. The van der Waals surface area contributed by atoms with Gasteiger partial charge in [-0.05, 0) is 30.5 Å². The summed E-state index contributed by atoms with van der Waals surface area (Å²) in [7, 11) is 0. The molecular formula is C18H21Cl2N3O2S. The quantitative estimate of drug-likeness (QED) is 0.672. The molecule has 3 rings (SSSR count). The summed E-state index contributed by atoms with van der Waals surface area (Å²) in [6, 6.07) is 5.77. The molecule has 1 aromatic carbocycles. The van der Waals surface area contributed by atoms with Crippen LogP contribution in [0.2, 0.25) is 10.0 Å². The molecular weight excluding hydrogens is 393 g/mol. The number of amides is 1. The van der Waals surface area contributed by atoms with Gasteiger partial charge in [0.15, 0.2) is 5.16 Å². The molecule has 0 bridgehead atoms. The minimum absolute atomic E-state index is 0.0408. The SMILES string of the molecule is O=C(Cn1c(CO)cnc1SCc1ccc(Cl)c(Cl)c1)NC1CCCC1. The largest absolute Gasteiger partial charge is 0.390 e. The lowest BCUT2D eigenvalue weighted by Gasteiger charge is -2.14. The first-order valence-electron chi connectivity index (χ1n) is 8.58. The van der Waals surface area contributed by atoms with E-state index in [1.54, 1.807) is 16.8 Å². The van der Waals surface area contributed by atoms with Crippen LogP contribution < -0.4 is 5.32 Å². The number of rotatable bonds is 7. The van der Waals surface area contributed by atoms with Gasteiger partial charge in [0.2, 0.25) is 5.91 Å². The molecule has 0 unspecified atom stereocenters. The molecule has 1 aliphatic carbocycles. The summed E-state index contributed by atoms with van der Waals surface area (Å²) in [6.07, 6.45) is 6.04. The summed E-state index contributed by atoms with van der Waals surface area (Å²) in [5.41, 5.74) is 1.64. The van der Waals surface area contributed by atoms with E-state index in [9.17, 15) is 9.90 Å². The van der Waals surface area contributed by atoms with Gasteiger partial charge in [0, 0.05) is 11.8 Å². The van der Waals surface area contributed by atoms with Crippen molar-refractivity contribution in [3.05, 3.63) is 45.7 Å². The van der Waals surface area contributed by atoms with Gasteiger partial charge in [-0.2, -0.15) is 0 Å². The maximum atomic E-state index is 12.4. The van der Waals surface area contributed by atoms with Gasteiger partial charge >= 0.3 is 0 Å². The molecule has 1 saturated carbocycles. The van der Waals surface area contributed by atoms with Gasteiger partial charge in [-0.25, -0.2) is 4.98 Å². The third-order valence-electron chi connectivity index (χ3n) is 4.44. The van der Waals surface area contributed by atoms with Crippen LogP contribution in [0.1, 0.15) is 36.9 Å². The molecule has 0 saturated heterocycles.